The van der Waals surface area contributed by atoms with Crippen molar-refractivity contribution in [3.05, 3.63) is 53.8 Å². The van der Waals surface area contributed by atoms with Crippen molar-refractivity contribution in [2.75, 3.05) is 0 Å². The van der Waals surface area contributed by atoms with Gasteiger partial charge < -0.3 is 5.11 Å². The summed E-state index contributed by atoms with van der Waals surface area (Å²) in [5, 5.41) is 9.34. The Morgan fingerprint density at radius 1 is 0.941 bits per heavy atom. The van der Waals surface area contributed by atoms with Crippen LogP contribution in [0.5, 0.6) is 5.75 Å². The molecule has 0 saturated heterocycles. The summed E-state index contributed by atoms with van der Waals surface area (Å²) in [6.07, 6.45) is 2.58. The maximum atomic E-state index is 12.9. The molecule has 1 fully saturated rings. The first-order chi connectivity index (χ1) is 8.24. The lowest BCUT2D eigenvalue weighted by molar-refractivity contribution is 0.433. The SMILES string of the molecule is Oc1cc(-c2ccc(C3CC3)cc2)ccc1F. The zero-order chi connectivity index (χ0) is 11.8. The monoisotopic (exact) mass is 228 g/mol. The fraction of sp³-hybridized carbons (Fsp3) is 0.200. The lowest BCUT2D eigenvalue weighted by Crippen LogP contribution is -1.83. The highest BCUT2D eigenvalue weighted by Gasteiger charge is 2.22. The molecule has 17 heavy (non-hydrogen) atoms. The van der Waals surface area contributed by atoms with E-state index in [0.717, 1.165) is 17.0 Å². The third-order valence-corrected chi connectivity index (χ3v) is 3.24. The lowest BCUT2D eigenvalue weighted by atomic mass is 10.0. The molecule has 0 heterocycles. The summed E-state index contributed by atoms with van der Waals surface area (Å²) < 4.78 is 12.9. The number of hydrogen-bond donors (Lipinski definition) is 1. The summed E-state index contributed by atoms with van der Waals surface area (Å²) in [5.41, 5.74) is 3.22. The van der Waals surface area contributed by atoms with Gasteiger partial charge >= 0.3 is 0 Å². The topological polar surface area (TPSA) is 20.2 Å². The van der Waals surface area contributed by atoms with Gasteiger partial charge in [0.05, 0.1) is 0 Å². The van der Waals surface area contributed by atoms with Crippen LogP contribution in [0.15, 0.2) is 42.5 Å². The van der Waals surface area contributed by atoms with Crippen LogP contribution in [0, 0.1) is 5.82 Å². The molecule has 1 saturated carbocycles. The van der Waals surface area contributed by atoms with E-state index in [-0.39, 0.29) is 5.75 Å². The van der Waals surface area contributed by atoms with E-state index in [0.29, 0.717) is 0 Å². The molecule has 1 N–H and O–H groups in total. The molecule has 0 radical (unpaired) electrons. The van der Waals surface area contributed by atoms with Crippen LogP contribution in [0.25, 0.3) is 11.1 Å². The van der Waals surface area contributed by atoms with Crippen molar-refractivity contribution in [3.8, 4) is 16.9 Å². The molecular weight excluding hydrogens is 215 g/mol. The number of phenols is 1. The third-order valence-electron chi connectivity index (χ3n) is 3.24. The Hall–Kier alpha value is -1.83. The van der Waals surface area contributed by atoms with Crippen LogP contribution in [-0.4, -0.2) is 5.11 Å². The number of benzene rings is 2. The van der Waals surface area contributed by atoms with Crippen LogP contribution < -0.4 is 0 Å². The fourth-order valence-corrected chi connectivity index (χ4v) is 2.06. The van der Waals surface area contributed by atoms with Crippen LogP contribution in [-0.2, 0) is 0 Å². The van der Waals surface area contributed by atoms with E-state index in [9.17, 15) is 9.50 Å². The zero-order valence-corrected chi connectivity index (χ0v) is 9.36. The summed E-state index contributed by atoms with van der Waals surface area (Å²) in [4.78, 5) is 0. The average molecular weight is 228 g/mol. The minimum Gasteiger partial charge on any atom is -0.505 e. The Morgan fingerprint density at radius 2 is 1.59 bits per heavy atom. The second-order valence-electron chi connectivity index (χ2n) is 4.56. The summed E-state index contributed by atoms with van der Waals surface area (Å²) in [6, 6.07) is 12.7. The minimum absolute atomic E-state index is 0.297. The molecule has 0 spiro atoms. The first kappa shape index (κ1) is 10.3. The number of rotatable bonds is 2. The standard InChI is InChI=1S/C15H13FO/c16-14-8-7-13(9-15(14)17)12-5-3-11(4-6-12)10-1-2-10/h3-10,17H,1-2H2. The first-order valence-electron chi connectivity index (χ1n) is 5.83. The molecule has 2 heteroatoms. The van der Waals surface area contributed by atoms with E-state index in [4.69, 9.17) is 0 Å². The molecule has 3 rings (SSSR count). The Kier molecular flexibility index (Phi) is 2.36. The van der Waals surface area contributed by atoms with Gasteiger partial charge in [-0.1, -0.05) is 30.3 Å². The summed E-state index contributed by atoms with van der Waals surface area (Å²) in [7, 11) is 0. The number of hydrogen-bond acceptors (Lipinski definition) is 1. The molecule has 0 bridgehead atoms. The summed E-state index contributed by atoms with van der Waals surface area (Å²) in [5.74, 6) is -0.136. The molecular formula is C15H13FO. The molecule has 86 valence electrons. The Balaban J connectivity index is 1.94. The molecule has 2 aromatic rings. The van der Waals surface area contributed by atoms with E-state index in [1.165, 1.54) is 30.5 Å². The van der Waals surface area contributed by atoms with Gasteiger partial charge in [-0.05, 0) is 47.6 Å². The average Bonchev–Trinajstić information content (AvgIpc) is 3.17. The summed E-state index contributed by atoms with van der Waals surface area (Å²) >= 11 is 0. The van der Waals surface area contributed by atoms with Gasteiger partial charge in [0.2, 0.25) is 0 Å². The summed E-state index contributed by atoms with van der Waals surface area (Å²) in [6.45, 7) is 0. The van der Waals surface area contributed by atoms with Crippen molar-refractivity contribution in [2.24, 2.45) is 0 Å². The smallest absolute Gasteiger partial charge is 0.164 e. The molecule has 1 nitrogen and oxygen atoms in total. The van der Waals surface area contributed by atoms with Crippen molar-refractivity contribution in [2.45, 2.75) is 18.8 Å². The van der Waals surface area contributed by atoms with E-state index in [1.54, 1.807) is 6.07 Å². The quantitative estimate of drug-likeness (QED) is 0.821. The largest absolute Gasteiger partial charge is 0.505 e. The van der Waals surface area contributed by atoms with E-state index in [2.05, 4.69) is 12.1 Å². The predicted molar refractivity (Wildman–Crippen MR) is 65.5 cm³/mol. The van der Waals surface area contributed by atoms with E-state index < -0.39 is 5.82 Å². The van der Waals surface area contributed by atoms with Crippen molar-refractivity contribution in [1.82, 2.24) is 0 Å². The Labute approximate surface area is 99.5 Å². The highest BCUT2D eigenvalue weighted by Crippen LogP contribution is 2.40. The number of halogens is 1. The van der Waals surface area contributed by atoms with Gasteiger partial charge in [0.25, 0.3) is 0 Å². The van der Waals surface area contributed by atoms with Crippen molar-refractivity contribution >= 4 is 0 Å². The Bertz CT molecular complexity index is 541. The third kappa shape index (κ3) is 2.03. The molecule has 0 unspecified atom stereocenters. The van der Waals surface area contributed by atoms with Crippen LogP contribution >= 0.6 is 0 Å². The van der Waals surface area contributed by atoms with Crippen molar-refractivity contribution < 1.29 is 9.50 Å². The maximum absolute atomic E-state index is 12.9. The van der Waals surface area contributed by atoms with E-state index in [1.807, 2.05) is 12.1 Å². The van der Waals surface area contributed by atoms with Crippen molar-refractivity contribution in [3.63, 3.8) is 0 Å². The maximum Gasteiger partial charge on any atom is 0.164 e. The highest BCUT2D eigenvalue weighted by molar-refractivity contribution is 5.65. The van der Waals surface area contributed by atoms with Gasteiger partial charge in [-0.15, -0.1) is 0 Å². The highest BCUT2D eigenvalue weighted by atomic mass is 19.1. The van der Waals surface area contributed by atoms with Gasteiger partial charge in [-0.25, -0.2) is 4.39 Å². The van der Waals surface area contributed by atoms with Crippen molar-refractivity contribution in [1.29, 1.82) is 0 Å². The number of aromatic hydroxyl groups is 1. The minimum atomic E-state index is -0.580. The van der Waals surface area contributed by atoms with Gasteiger partial charge in [0.1, 0.15) is 0 Å². The van der Waals surface area contributed by atoms with Crippen LogP contribution in [0.3, 0.4) is 0 Å². The van der Waals surface area contributed by atoms with Gasteiger partial charge in [-0.3, -0.25) is 0 Å². The van der Waals surface area contributed by atoms with Crippen LogP contribution in [0.4, 0.5) is 4.39 Å². The number of phenolic OH excluding ortho intramolecular Hbond substituents is 1. The van der Waals surface area contributed by atoms with Gasteiger partial charge in [-0.2, -0.15) is 0 Å². The Morgan fingerprint density at radius 3 is 2.18 bits per heavy atom. The molecule has 1 aliphatic carbocycles. The van der Waals surface area contributed by atoms with Gasteiger partial charge in [0, 0.05) is 0 Å². The van der Waals surface area contributed by atoms with Gasteiger partial charge in [0.15, 0.2) is 11.6 Å². The second-order valence-corrected chi connectivity index (χ2v) is 4.56. The molecule has 0 atom stereocenters. The first-order valence-corrected chi connectivity index (χ1v) is 5.83. The second kappa shape index (κ2) is 3.88. The molecule has 0 aliphatic heterocycles. The predicted octanol–water partition coefficient (Wildman–Crippen LogP) is 4.08. The molecule has 0 amide bonds. The molecule has 1 aliphatic rings. The lowest BCUT2D eigenvalue weighted by Gasteiger charge is -2.04. The van der Waals surface area contributed by atoms with E-state index >= 15 is 0 Å². The molecule has 0 aromatic heterocycles. The fourth-order valence-electron chi connectivity index (χ4n) is 2.06. The van der Waals surface area contributed by atoms with Crippen LogP contribution in [0.1, 0.15) is 24.3 Å². The normalized spacial score (nSPS) is 14.9. The molecule has 2 aromatic carbocycles. The zero-order valence-electron chi connectivity index (χ0n) is 9.36. The van der Waals surface area contributed by atoms with Crippen LogP contribution in [0.2, 0.25) is 0 Å².